The molecule has 0 spiro atoms. The van der Waals surface area contributed by atoms with Crippen molar-refractivity contribution in [3.05, 3.63) is 50.6 Å². The van der Waals surface area contributed by atoms with E-state index in [9.17, 15) is 4.79 Å². The van der Waals surface area contributed by atoms with Crippen LogP contribution in [-0.4, -0.2) is 5.91 Å². The second-order valence-corrected chi connectivity index (χ2v) is 5.84. The van der Waals surface area contributed by atoms with E-state index in [4.69, 9.17) is 5.73 Å². The van der Waals surface area contributed by atoms with E-state index < -0.39 is 5.91 Å². The number of carbonyl (C=O) groups is 1. The molecule has 0 radical (unpaired) electrons. The van der Waals surface area contributed by atoms with Gasteiger partial charge in [-0.15, -0.1) is 11.3 Å². The number of anilines is 1. The Bertz CT molecular complexity index is 568. The second-order valence-electron chi connectivity index (χ2n) is 3.98. The largest absolute Gasteiger partial charge is 0.378 e. The molecule has 1 heterocycles. The zero-order valence-electron chi connectivity index (χ0n) is 9.81. The predicted octanol–water partition coefficient (Wildman–Crippen LogP) is 3.78. The molecular weight excluding hydrogens is 312 g/mol. The Morgan fingerprint density at radius 2 is 2.22 bits per heavy atom. The summed E-state index contributed by atoms with van der Waals surface area (Å²) in [7, 11) is 0. The van der Waals surface area contributed by atoms with Gasteiger partial charge in [0.2, 0.25) is 5.91 Å². The number of nitrogens with two attached hydrogens (primary N) is 1. The third-order valence-electron chi connectivity index (χ3n) is 2.54. The number of hydrogen-bond acceptors (Lipinski definition) is 3. The molecule has 3 N–H and O–H groups in total. The molecule has 0 saturated carbocycles. The summed E-state index contributed by atoms with van der Waals surface area (Å²) < 4.78 is 1.09. The van der Waals surface area contributed by atoms with Crippen molar-refractivity contribution in [2.45, 2.75) is 13.0 Å². The first-order valence-corrected chi connectivity index (χ1v) is 7.14. The van der Waals surface area contributed by atoms with Crippen LogP contribution in [0.3, 0.4) is 0 Å². The lowest BCUT2D eigenvalue weighted by Crippen LogP contribution is -2.12. The molecule has 0 aliphatic heterocycles. The normalized spacial score (nSPS) is 12.1. The van der Waals surface area contributed by atoms with Crippen LogP contribution in [0.1, 0.15) is 28.2 Å². The fraction of sp³-hybridized carbons (Fsp3) is 0.154. The summed E-state index contributed by atoms with van der Waals surface area (Å²) in [4.78, 5) is 12.3. The van der Waals surface area contributed by atoms with Crippen molar-refractivity contribution in [3.8, 4) is 0 Å². The standard InChI is InChI=1S/C13H13BrN2OS/c1-8(12-6-10(14)7-18-12)16-11-4-2-3-9(5-11)13(15)17/h2-8,16H,1H3,(H2,15,17). The lowest BCUT2D eigenvalue weighted by Gasteiger charge is -2.14. The summed E-state index contributed by atoms with van der Waals surface area (Å²) in [6.07, 6.45) is 0. The highest BCUT2D eigenvalue weighted by molar-refractivity contribution is 9.10. The van der Waals surface area contributed by atoms with Crippen LogP contribution in [0.15, 0.2) is 40.2 Å². The van der Waals surface area contributed by atoms with Gasteiger partial charge in [-0.2, -0.15) is 0 Å². The van der Waals surface area contributed by atoms with Crippen LogP contribution >= 0.6 is 27.3 Å². The van der Waals surface area contributed by atoms with E-state index in [1.807, 2.05) is 17.5 Å². The Morgan fingerprint density at radius 1 is 1.44 bits per heavy atom. The molecule has 1 atom stereocenters. The van der Waals surface area contributed by atoms with Crippen LogP contribution in [0.25, 0.3) is 0 Å². The molecule has 0 fully saturated rings. The van der Waals surface area contributed by atoms with E-state index in [0.717, 1.165) is 10.2 Å². The maximum Gasteiger partial charge on any atom is 0.248 e. The van der Waals surface area contributed by atoms with Crippen LogP contribution in [0, 0.1) is 0 Å². The van der Waals surface area contributed by atoms with E-state index in [-0.39, 0.29) is 6.04 Å². The monoisotopic (exact) mass is 324 g/mol. The van der Waals surface area contributed by atoms with Gasteiger partial charge in [0.05, 0.1) is 6.04 Å². The van der Waals surface area contributed by atoms with E-state index in [2.05, 4.69) is 34.2 Å². The predicted molar refractivity (Wildman–Crippen MR) is 79.0 cm³/mol. The van der Waals surface area contributed by atoms with Crippen LogP contribution in [0.2, 0.25) is 0 Å². The summed E-state index contributed by atoms with van der Waals surface area (Å²) in [5.74, 6) is -0.412. The lowest BCUT2D eigenvalue weighted by molar-refractivity contribution is 0.100. The minimum atomic E-state index is -0.412. The highest BCUT2D eigenvalue weighted by Crippen LogP contribution is 2.28. The van der Waals surface area contributed by atoms with E-state index in [1.54, 1.807) is 23.5 Å². The summed E-state index contributed by atoms with van der Waals surface area (Å²) in [6.45, 7) is 2.08. The van der Waals surface area contributed by atoms with Crippen molar-refractivity contribution >= 4 is 38.9 Å². The molecule has 3 nitrogen and oxygen atoms in total. The SMILES string of the molecule is CC(Nc1cccc(C(N)=O)c1)c1cc(Br)cs1. The van der Waals surface area contributed by atoms with Crippen molar-refractivity contribution in [2.75, 3.05) is 5.32 Å². The summed E-state index contributed by atoms with van der Waals surface area (Å²) in [5, 5.41) is 5.40. The molecule has 18 heavy (non-hydrogen) atoms. The summed E-state index contributed by atoms with van der Waals surface area (Å²) >= 11 is 5.12. The Morgan fingerprint density at radius 3 is 2.83 bits per heavy atom. The lowest BCUT2D eigenvalue weighted by atomic mass is 10.1. The van der Waals surface area contributed by atoms with Gasteiger partial charge in [0.25, 0.3) is 0 Å². The second kappa shape index (κ2) is 5.54. The van der Waals surface area contributed by atoms with Gasteiger partial charge in [-0.05, 0) is 47.1 Å². The van der Waals surface area contributed by atoms with E-state index >= 15 is 0 Å². The molecule has 0 aliphatic rings. The molecule has 1 aromatic heterocycles. The molecule has 2 aromatic rings. The smallest absolute Gasteiger partial charge is 0.248 e. The van der Waals surface area contributed by atoms with Gasteiger partial charge in [-0.3, -0.25) is 4.79 Å². The molecule has 0 bridgehead atoms. The number of amides is 1. The number of primary amides is 1. The number of nitrogens with one attached hydrogen (secondary N) is 1. The van der Waals surface area contributed by atoms with Crippen molar-refractivity contribution in [1.29, 1.82) is 0 Å². The molecule has 5 heteroatoms. The number of benzene rings is 1. The molecule has 94 valence electrons. The van der Waals surface area contributed by atoms with Gasteiger partial charge >= 0.3 is 0 Å². The number of halogens is 1. The maximum absolute atomic E-state index is 11.1. The number of hydrogen-bond donors (Lipinski definition) is 2. The average molecular weight is 325 g/mol. The Hall–Kier alpha value is -1.33. The van der Waals surface area contributed by atoms with Gasteiger partial charge < -0.3 is 11.1 Å². The quantitative estimate of drug-likeness (QED) is 0.899. The van der Waals surface area contributed by atoms with Gasteiger partial charge in [0.15, 0.2) is 0 Å². The first-order chi connectivity index (χ1) is 8.56. The maximum atomic E-state index is 11.1. The molecule has 1 unspecified atom stereocenters. The van der Waals surface area contributed by atoms with Crippen molar-refractivity contribution in [2.24, 2.45) is 5.73 Å². The third kappa shape index (κ3) is 3.11. The number of rotatable bonds is 4. The summed E-state index contributed by atoms with van der Waals surface area (Å²) in [6, 6.07) is 9.48. The number of carbonyl (C=O) groups excluding carboxylic acids is 1. The van der Waals surface area contributed by atoms with Crippen molar-refractivity contribution < 1.29 is 4.79 Å². The topological polar surface area (TPSA) is 55.1 Å². The first-order valence-electron chi connectivity index (χ1n) is 5.46. The molecule has 0 aliphatic carbocycles. The molecule has 1 amide bonds. The summed E-state index contributed by atoms with van der Waals surface area (Å²) in [5.41, 5.74) is 6.66. The van der Waals surface area contributed by atoms with Crippen LogP contribution in [0.5, 0.6) is 0 Å². The average Bonchev–Trinajstić information content (AvgIpc) is 2.76. The molecule has 0 saturated heterocycles. The molecular formula is C13H13BrN2OS. The zero-order valence-corrected chi connectivity index (χ0v) is 12.2. The van der Waals surface area contributed by atoms with Gasteiger partial charge in [-0.25, -0.2) is 0 Å². The molecule has 2 rings (SSSR count). The Kier molecular flexibility index (Phi) is 4.04. The highest BCUT2D eigenvalue weighted by Gasteiger charge is 2.09. The van der Waals surface area contributed by atoms with Crippen LogP contribution in [-0.2, 0) is 0 Å². The zero-order chi connectivity index (χ0) is 13.1. The first kappa shape index (κ1) is 13.1. The van der Waals surface area contributed by atoms with Gasteiger partial charge in [0.1, 0.15) is 0 Å². The van der Waals surface area contributed by atoms with E-state index in [1.165, 1.54) is 4.88 Å². The minimum Gasteiger partial charge on any atom is -0.378 e. The van der Waals surface area contributed by atoms with Crippen LogP contribution in [0.4, 0.5) is 5.69 Å². The Labute approximate surface area is 118 Å². The Balaban J connectivity index is 2.14. The minimum absolute atomic E-state index is 0.185. The van der Waals surface area contributed by atoms with Gasteiger partial charge in [0, 0.05) is 26.0 Å². The van der Waals surface area contributed by atoms with Crippen molar-refractivity contribution in [1.82, 2.24) is 0 Å². The highest BCUT2D eigenvalue weighted by atomic mass is 79.9. The van der Waals surface area contributed by atoms with Gasteiger partial charge in [-0.1, -0.05) is 6.07 Å². The fourth-order valence-corrected chi connectivity index (χ4v) is 3.09. The van der Waals surface area contributed by atoms with E-state index in [0.29, 0.717) is 5.56 Å². The molecule has 1 aromatic carbocycles. The number of thiophene rings is 1. The van der Waals surface area contributed by atoms with Crippen molar-refractivity contribution in [3.63, 3.8) is 0 Å². The fourth-order valence-electron chi connectivity index (χ4n) is 1.64. The third-order valence-corrected chi connectivity index (χ3v) is 4.42. The van der Waals surface area contributed by atoms with Crippen LogP contribution < -0.4 is 11.1 Å².